The van der Waals surface area contributed by atoms with Crippen LogP contribution in [0.25, 0.3) is 0 Å². The SMILES string of the molecule is Cc1cc(C(=O)NCCC(C)(C)C(=O)O)no1. The van der Waals surface area contributed by atoms with Gasteiger partial charge < -0.3 is 14.9 Å². The summed E-state index contributed by atoms with van der Waals surface area (Å²) in [5.74, 6) is -0.687. The highest BCUT2D eigenvalue weighted by atomic mass is 16.5. The van der Waals surface area contributed by atoms with Crippen molar-refractivity contribution in [1.29, 1.82) is 0 Å². The van der Waals surface area contributed by atoms with Gasteiger partial charge in [-0.05, 0) is 27.2 Å². The standard InChI is InChI=1S/C11H16N2O4/c1-7-6-8(13-17-7)9(14)12-5-4-11(2,3)10(15)16/h6H,4-5H2,1-3H3,(H,12,14)(H,15,16). The van der Waals surface area contributed by atoms with Crippen LogP contribution in [0.3, 0.4) is 0 Å². The van der Waals surface area contributed by atoms with E-state index in [0.717, 1.165) is 0 Å². The Morgan fingerprint density at radius 3 is 2.65 bits per heavy atom. The first kappa shape index (κ1) is 13.2. The topological polar surface area (TPSA) is 92.4 Å². The molecule has 1 aromatic heterocycles. The molecule has 0 saturated carbocycles. The Morgan fingerprint density at radius 1 is 1.53 bits per heavy atom. The summed E-state index contributed by atoms with van der Waals surface area (Å²) in [6, 6.07) is 1.53. The summed E-state index contributed by atoms with van der Waals surface area (Å²) < 4.78 is 4.77. The predicted molar refractivity (Wildman–Crippen MR) is 59.6 cm³/mol. The summed E-state index contributed by atoms with van der Waals surface area (Å²) in [5, 5.41) is 15.0. The van der Waals surface area contributed by atoms with Crippen molar-refractivity contribution in [1.82, 2.24) is 10.5 Å². The molecule has 0 aliphatic rings. The number of aryl methyl sites for hydroxylation is 1. The van der Waals surface area contributed by atoms with E-state index >= 15 is 0 Å². The minimum absolute atomic E-state index is 0.204. The van der Waals surface area contributed by atoms with Crippen LogP contribution in [0.4, 0.5) is 0 Å². The van der Waals surface area contributed by atoms with Crippen LogP contribution in [0.1, 0.15) is 36.5 Å². The normalized spacial score (nSPS) is 11.2. The monoisotopic (exact) mass is 240 g/mol. The number of aliphatic carboxylic acids is 1. The van der Waals surface area contributed by atoms with Crippen LogP contribution in [0, 0.1) is 12.3 Å². The highest BCUT2D eigenvalue weighted by Crippen LogP contribution is 2.19. The second-order valence-electron chi connectivity index (χ2n) is 4.52. The van der Waals surface area contributed by atoms with Crippen molar-refractivity contribution >= 4 is 11.9 Å². The molecule has 6 heteroatoms. The van der Waals surface area contributed by atoms with Crippen LogP contribution in [0.15, 0.2) is 10.6 Å². The Kier molecular flexibility index (Phi) is 3.88. The summed E-state index contributed by atoms with van der Waals surface area (Å²) in [4.78, 5) is 22.4. The van der Waals surface area contributed by atoms with Gasteiger partial charge in [0.05, 0.1) is 5.41 Å². The molecule has 0 spiro atoms. The molecule has 0 fully saturated rings. The van der Waals surface area contributed by atoms with E-state index in [0.29, 0.717) is 12.2 Å². The number of aromatic nitrogens is 1. The summed E-state index contributed by atoms with van der Waals surface area (Å²) in [6.45, 7) is 5.20. The molecule has 0 aliphatic carbocycles. The predicted octanol–water partition coefficient (Wildman–Crippen LogP) is 1.21. The minimum atomic E-state index is -0.885. The zero-order valence-corrected chi connectivity index (χ0v) is 10.1. The van der Waals surface area contributed by atoms with Gasteiger partial charge in [0.25, 0.3) is 5.91 Å². The number of hydrogen-bond donors (Lipinski definition) is 2. The largest absolute Gasteiger partial charge is 0.481 e. The quantitative estimate of drug-likeness (QED) is 0.807. The number of nitrogens with one attached hydrogen (secondary N) is 1. The number of hydrogen-bond acceptors (Lipinski definition) is 4. The molecule has 0 unspecified atom stereocenters. The van der Waals surface area contributed by atoms with E-state index in [2.05, 4.69) is 10.5 Å². The molecule has 17 heavy (non-hydrogen) atoms. The summed E-state index contributed by atoms with van der Waals surface area (Å²) >= 11 is 0. The van der Waals surface area contributed by atoms with Crippen LogP contribution in [-0.4, -0.2) is 28.7 Å². The Labute approximate surface area is 99.0 Å². The molecule has 0 aromatic carbocycles. The highest BCUT2D eigenvalue weighted by molar-refractivity contribution is 5.92. The number of amides is 1. The molecule has 2 N–H and O–H groups in total. The fourth-order valence-electron chi connectivity index (χ4n) is 1.16. The van der Waals surface area contributed by atoms with Crippen molar-refractivity contribution in [3.8, 4) is 0 Å². The van der Waals surface area contributed by atoms with Gasteiger partial charge >= 0.3 is 5.97 Å². The molecule has 94 valence electrons. The molecule has 1 aromatic rings. The van der Waals surface area contributed by atoms with Gasteiger partial charge in [-0.1, -0.05) is 5.16 Å². The summed E-state index contributed by atoms with van der Waals surface area (Å²) in [5.41, 5.74) is -0.650. The van der Waals surface area contributed by atoms with Gasteiger partial charge in [0.15, 0.2) is 5.69 Å². The average Bonchev–Trinajstić information content (AvgIpc) is 2.64. The molecule has 1 amide bonds. The molecule has 1 rings (SSSR count). The molecule has 0 radical (unpaired) electrons. The number of carboxylic acids is 1. The molecule has 1 heterocycles. The maximum atomic E-state index is 11.5. The van der Waals surface area contributed by atoms with Crippen LogP contribution in [0.2, 0.25) is 0 Å². The number of nitrogens with zero attached hydrogens (tertiary/aromatic N) is 1. The third-order valence-corrected chi connectivity index (χ3v) is 2.48. The van der Waals surface area contributed by atoms with E-state index in [-0.39, 0.29) is 18.1 Å². The number of carbonyl (C=O) groups excluding carboxylic acids is 1. The first-order valence-electron chi connectivity index (χ1n) is 5.28. The summed E-state index contributed by atoms with van der Waals surface area (Å²) in [6.07, 6.45) is 0.352. The maximum absolute atomic E-state index is 11.5. The van der Waals surface area contributed by atoms with Crippen molar-refractivity contribution in [2.24, 2.45) is 5.41 Å². The number of carboxylic acid groups (broad SMARTS) is 1. The van der Waals surface area contributed by atoms with Crippen molar-refractivity contribution in [3.63, 3.8) is 0 Å². The molecule has 0 aliphatic heterocycles. The Bertz CT molecular complexity index is 423. The molecular weight excluding hydrogens is 224 g/mol. The lowest BCUT2D eigenvalue weighted by Crippen LogP contribution is -2.32. The van der Waals surface area contributed by atoms with Crippen molar-refractivity contribution in [2.45, 2.75) is 27.2 Å². The Morgan fingerprint density at radius 2 is 2.18 bits per heavy atom. The number of carbonyl (C=O) groups is 2. The van der Waals surface area contributed by atoms with E-state index in [1.807, 2.05) is 0 Å². The lowest BCUT2D eigenvalue weighted by molar-refractivity contribution is -0.147. The van der Waals surface area contributed by atoms with Crippen molar-refractivity contribution < 1.29 is 19.2 Å². The van der Waals surface area contributed by atoms with E-state index in [9.17, 15) is 9.59 Å². The van der Waals surface area contributed by atoms with E-state index in [1.54, 1.807) is 20.8 Å². The van der Waals surface area contributed by atoms with Crippen molar-refractivity contribution in [3.05, 3.63) is 17.5 Å². The van der Waals surface area contributed by atoms with Crippen molar-refractivity contribution in [2.75, 3.05) is 6.54 Å². The van der Waals surface area contributed by atoms with Gasteiger partial charge in [-0.2, -0.15) is 0 Å². The second kappa shape index (κ2) is 4.99. The molecule has 0 atom stereocenters. The van der Waals surface area contributed by atoms with Gasteiger partial charge in [0, 0.05) is 12.6 Å². The average molecular weight is 240 g/mol. The zero-order valence-electron chi connectivity index (χ0n) is 10.1. The third-order valence-electron chi connectivity index (χ3n) is 2.48. The molecular formula is C11H16N2O4. The summed E-state index contributed by atoms with van der Waals surface area (Å²) in [7, 11) is 0. The minimum Gasteiger partial charge on any atom is -0.481 e. The van der Waals surface area contributed by atoms with Gasteiger partial charge in [-0.25, -0.2) is 0 Å². The van der Waals surface area contributed by atoms with E-state index in [4.69, 9.17) is 9.63 Å². The molecule has 0 bridgehead atoms. The zero-order chi connectivity index (χ0) is 13.1. The Balaban J connectivity index is 2.42. The van der Waals surface area contributed by atoms with Gasteiger partial charge in [0.1, 0.15) is 5.76 Å². The number of rotatable bonds is 5. The van der Waals surface area contributed by atoms with Gasteiger partial charge in [0.2, 0.25) is 0 Å². The van der Waals surface area contributed by atoms with Crippen LogP contribution < -0.4 is 5.32 Å². The Hall–Kier alpha value is -1.85. The van der Waals surface area contributed by atoms with Crippen LogP contribution in [0.5, 0.6) is 0 Å². The van der Waals surface area contributed by atoms with Crippen LogP contribution in [-0.2, 0) is 4.79 Å². The van der Waals surface area contributed by atoms with Gasteiger partial charge in [-0.15, -0.1) is 0 Å². The first-order chi connectivity index (χ1) is 7.83. The third kappa shape index (κ3) is 3.58. The molecule has 6 nitrogen and oxygen atoms in total. The molecule has 0 saturated heterocycles. The highest BCUT2D eigenvalue weighted by Gasteiger charge is 2.26. The second-order valence-corrected chi connectivity index (χ2v) is 4.52. The maximum Gasteiger partial charge on any atom is 0.309 e. The fourth-order valence-corrected chi connectivity index (χ4v) is 1.16. The van der Waals surface area contributed by atoms with E-state index in [1.165, 1.54) is 6.07 Å². The van der Waals surface area contributed by atoms with Crippen LogP contribution >= 0.6 is 0 Å². The lowest BCUT2D eigenvalue weighted by atomic mass is 9.90. The fraction of sp³-hybridized carbons (Fsp3) is 0.545. The van der Waals surface area contributed by atoms with E-state index < -0.39 is 11.4 Å². The van der Waals surface area contributed by atoms with Gasteiger partial charge in [-0.3, -0.25) is 9.59 Å². The first-order valence-corrected chi connectivity index (χ1v) is 5.28. The smallest absolute Gasteiger partial charge is 0.309 e. The lowest BCUT2D eigenvalue weighted by Gasteiger charge is -2.18.